The summed E-state index contributed by atoms with van der Waals surface area (Å²) < 4.78 is 0. The van der Waals surface area contributed by atoms with Gasteiger partial charge in [0.2, 0.25) is 0 Å². The number of aromatic carboxylic acids is 1. The van der Waals surface area contributed by atoms with Crippen LogP contribution >= 0.6 is 23.2 Å². The number of carbonyl (C=O) groups is 1. The van der Waals surface area contributed by atoms with Gasteiger partial charge in [0.25, 0.3) is 0 Å². The van der Waals surface area contributed by atoms with Gasteiger partial charge in [-0.2, -0.15) is 0 Å². The number of aromatic nitrogens is 1. The number of pyridine rings is 1. The van der Waals surface area contributed by atoms with Gasteiger partial charge in [0.1, 0.15) is 0 Å². The van der Waals surface area contributed by atoms with Gasteiger partial charge in [0, 0.05) is 10.4 Å². The standard InChI is InChI=1S/C27H21Cl2NO2/c28-22-12-9-20-10-14-23(30-26(20)17-22)13-8-18-4-3-6-21(16-18)25(29)15-11-19-5-1-2-7-24(19)27(31)32/h1-10,12-14,16-17,25H,11,15H2,(H,31,32)/b13-8+/t25-/m0/s1. The Morgan fingerprint density at radius 3 is 2.62 bits per heavy atom. The monoisotopic (exact) mass is 461 g/mol. The average molecular weight is 462 g/mol. The fourth-order valence-electron chi connectivity index (χ4n) is 3.63. The van der Waals surface area contributed by atoms with Gasteiger partial charge in [-0.25, -0.2) is 9.78 Å². The van der Waals surface area contributed by atoms with Gasteiger partial charge in [-0.3, -0.25) is 0 Å². The summed E-state index contributed by atoms with van der Waals surface area (Å²) in [6.07, 6.45) is 5.21. The van der Waals surface area contributed by atoms with Crippen molar-refractivity contribution >= 4 is 52.2 Å². The van der Waals surface area contributed by atoms with Crippen LogP contribution in [-0.2, 0) is 6.42 Å². The van der Waals surface area contributed by atoms with Crippen LogP contribution in [0.4, 0.5) is 0 Å². The normalized spacial score (nSPS) is 12.3. The van der Waals surface area contributed by atoms with Gasteiger partial charge < -0.3 is 5.11 Å². The summed E-state index contributed by atoms with van der Waals surface area (Å²) in [4.78, 5) is 16.1. The molecule has 0 aliphatic carbocycles. The summed E-state index contributed by atoms with van der Waals surface area (Å²) in [5.74, 6) is -0.913. The van der Waals surface area contributed by atoms with E-state index in [1.54, 1.807) is 12.1 Å². The lowest BCUT2D eigenvalue weighted by Crippen LogP contribution is -2.03. The predicted molar refractivity (Wildman–Crippen MR) is 132 cm³/mol. The molecule has 0 fully saturated rings. The number of halogens is 2. The molecule has 0 aliphatic rings. The van der Waals surface area contributed by atoms with E-state index < -0.39 is 5.97 Å². The molecule has 3 nitrogen and oxygen atoms in total. The van der Waals surface area contributed by atoms with Crippen LogP contribution in [0.5, 0.6) is 0 Å². The lowest BCUT2D eigenvalue weighted by Gasteiger charge is -2.12. The maximum atomic E-state index is 11.4. The van der Waals surface area contributed by atoms with Crippen LogP contribution in [0.3, 0.4) is 0 Å². The van der Waals surface area contributed by atoms with Crippen LogP contribution in [0.25, 0.3) is 23.1 Å². The van der Waals surface area contributed by atoms with E-state index in [2.05, 4.69) is 11.1 Å². The maximum Gasteiger partial charge on any atom is 0.335 e. The minimum Gasteiger partial charge on any atom is -0.478 e. The summed E-state index contributed by atoms with van der Waals surface area (Å²) in [6.45, 7) is 0. The van der Waals surface area contributed by atoms with Crippen molar-refractivity contribution in [2.24, 2.45) is 0 Å². The van der Waals surface area contributed by atoms with E-state index in [0.29, 0.717) is 23.4 Å². The minimum absolute atomic E-state index is 0.217. The highest BCUT2D eigenvalue weighted by atomic mass is 35.5. The second-order valence-corrected chi connectivity index (χ2v) is 8.51. The Labute approximate surface area is 197 Å². The second-order valence-electron chi connectivity index (χ2n) is 7.55. The fourth-order valence-corrected chi connectivity index (χ4v) is 4.05. The number of hydrogen-bond donors (Lipinski definition) is 1. The first kappa shape index (κ1) is 22.1. The van der Waals surface area contributed by atoms with E-state index in [0.717, 1.165) is 33.3 Å². The third kappa shape index (κ3) is 5.37. The maximum absolute atomic E-state index is 11.4. The van der Waals surface area contributed by atoms with E-state index in [4.69, 9.17) is 23.2 Å². The Kier molecular flexibility index (Phi) is 6.89. The number of carboxylic acids is 1. The molecule has 5 heteroatoms. The van der Waals surface area contributed by atoms with Gasteiger partial charge >= 0.3 is 5.97 Å². The van der Waals surface area contributed by atoms with Gasteiger partial charge in [-0.1, -0.05) is 72.3 Å². The summed E-state index contributed by atoms with van der Waals surface area (Å²) >= 11 is 12.7. The molecule has 0 amide bonds. The molecule has 3 aromatic carbocycles. The summed E-state index contributed by atoms with van der Waals surface area (Å²) in [6, 6.07) is 24.8. The van der Waals surface area contributed by atoms with E-state index in [1.165, 1.54) is 0 Å². The van der Waals surface area contributed by atoms with E-state index >= 15 is 0 Å². The zero-order chi connectivity index (χ0) is 22.5. The van der Waals surface area contributed by atoms with Crippen LogP contribution in [-0.4, -0.2) is 16.1 Å². The van der Waals surface area contributed by atoms with Crippen molar-refractivity contribution in [2.45, 2.75) is 18.2 Å². The van der Waals surface area contributed by atoms with Gasteiger partial charge in [-0.15, -0.1) is 11.6 Å². The predicted octanol–water partition coefficient (Wildman–Crippen LogP) is 7.67. The third-order valence-electron chi connectivity index (χ3n) is 5.31. The molecule has 0 unspecified atom stereocenters. The SMILES string of the molecule is O=C(O)c1ccccc1CC[C@H](Cl)c1cccc(/C=C/c2ccc3ccc(Cl)cc3n2)c1. The van der Waals surface area contributed by atoms with Crippen molar-refractivity contribution < 1.29 is 9.90 Å². The molecule has 32 heavy (non-hydrogen) atoms. The third-order valence-corrected chi connectivity index (χ3v) is 6.01. The van der Waals surface area contributed by atoms with Crippen LogP contribution in [0.2, 0.25) is 5.02 Å². The smallest absolute Gasteiger partial charge is 0.335 e. The highest BCUT2D eigenvalue weighted by Gasteiger charge is 2.13. The highest BCUT2D eigenvalue weighted by Crippen LogP contribution is 2.28. The van der Waals surface area contributed by atoms with Crippen LogP contribution < -0.4 is 0 Å². The Morgan fingerprint density at radius 2 is 1.78 bits per heavy atom. The molecule has 1 atom stereocenters. The molecular formula is C27H21Cl2NO2. The second kappa shape index (κ2) is 9.99. The molecule has 1 heterocycles. The molecule has 1 aromatic heterocycles. The molecule has 0 radical (unpaired) electrons. The summed E-state index contributed by atoms with van der Waals surface area (Å²) in [5, 5.41) is 10.8. The zero-order valence-corrected chi connectivity index (χ0v) is 18.7. The molecular weight excluding hydrogens is 441 g/mol. The lowest BCUT2D eigenvalue weighted by atomic mass is 9.98. The van der Waals surface area contributed by atoms with Gasteiger partial charge in [-0.05, 0) is 59.9 Å². The topological polar surface area (TPSA) is 50.2 Å². The number of alkyl halides is 1. The first-order valence-corrected chi connectivity index (χ1v) is 11.1. The minimum atomic E-state index is -0.913. The van der Waals surface area contributed by atoms with E-state index in [-0.39, 0.29) is 5.38 Å². The van der Waals surface area contributed by atoms with Gasteiger partial charge in [0.15, 0.2) is 0 Å². The number of hydrogen-bond acceptors (Lipinski definition) is 2. The average Bonchev–Trinajstić information content (AvgIpc) is 2.81. The van der Waals surface area contributed by atoms with Crippen molar-refractivity contribution in [3.05, 3.63) is 112 Å². The van der Waals surface area contributed by atoms with E-state index in [9.17, 15) is 9.90 Å². The number of carboxylic acid groups (broad SMARTS) is 1. The van der Waals surface area contributed by atoms with Crippen molar-refractivity contribution in [2.75, 3.05) is 0 Å². The molecule has 0 aliphatic heterocycles. The van der Waals surface area contributed by atoms with Crippen molar-refractivity contribution in [1.29, 1.82) is 0 Å². The summed E-state index contributed by atoms with van der Waals surface area (Å²) in [5.41, 5.74) is 4.85. The van der Waals surface area contributed by atoms with Crippen LogP contribution in [0.15, 0.2) is 78.9 Å². The number of benzene rings is 3. The Hall–Kier alpha value is -3.14. The molecule has 160 valence electrons. The Morgan fingerprint density at radius 1 is 0.969 bits per heavy atom. The van der Waals surface area contributed by atoms with Crippen molar-refractivity contribution in [3.8, 4) is 0 Å². The number of aryl methyl sites for hydroxylation is 1. The van der Waals surface area contributed by atoms with E-state index in [1.807, 2.05) is 72.8 Å². The van der Waals surface area contributed by atoms with Crippen molar-refractivity contribution in [1.82, 2.24) is 4.98 Å². The first-order chi connectivity index (χ1) is 15.5. The number of rotatable bonds is 7. The molecule has 0 spiro atoms. The number of nitrogens with zero attached hydrogens (tertiary/aromatic N) is 1. The molecule has 4 rings (SSSR count). The Balaban J connectivity index is 1.47. The van der Waals surface area contributed by atoms with Crippen molar-refractivity contribution in [3.63, 3.8) is 0 Å². The molecule has 1 N–H and O–H groups in total. The number of fused-ring (bicyclic) bond motifs is 1. The van der Waals surface area contributed by atoms with Crippen LogP contribution in [0.1, 0.15) is 44.5 Å². The highest BCUT2D eigenvalue weighted by molar-refractivity contribution is 6.31. The molecule has 0 saturated carbocycles. The Bertz CT molecular complexity index is 1300. The lowest BCUT2D eigenvalue weighted by molar-refractivity contribution is 0.0695. The fraction of sp³-hybridized carbons (Fsp3) is 0.111. The van der Waals surface area contributed by atoms with Gasteiger partial charge in [0.05, 0.1) is 22.2 Å². The molecule has 4 aromatic rings. The first-order valence-electron chi connectivity index (χ1n) is 10.3. The quantitative estimate of drug-likeness (QED) is 0.287. The molecule has 0 saturated heterocycles. The molecule has 0 bridgehead atoms. The zero-order valence-electron chi connectivity index (χ0n) is 17.2. The summed E-state index contributed by atoms with van der Waals surface area (Å²) in [7, 11) is 0. The largest absolute Gasteiger partial charge is 0.478 e. The van der Waals surface area contributed by atoms with Crippen LogP contribution in [0, 0.1) is 0 Å².